The number of carbonyl (C=O) groups excluding carboxylic acids is 2. The zero-order valence-corrected chi connectivity index (χ0v) is 16.3. The zero-order valence-electron chi connectivity index (χ0n) is 16.3. The summed E-state index contributed by atoms with van der Waals surface area (Å²) in [6.07, 6.45) is 0.980. The summed E-state index contributed by atoms with van der Waals surface area (Å²) in [5.41, 5.74) is 2.39. The molecule has 0 atom stereocenters. The number of fused-ring (bicyclic) bond motifs is 1. The molecule has 0 aliphatic carbocycles. The summed E-state index contributed by atoms with van der Waals surface area (Å²) in [5.74, 6) is -0.328. The van der Waals surface area contributed by atoms with Crippen molar-refractivity contribution in [1.82, 2.24) is 9.47 Å². The molecule has 0 radical (unpaired) electrons. The fourth-order valence-electron chi connectivity index (χ4n) is 4.10. The average molecular weight is 380 g/mol. The van der Waals surface area contributed by atoms with E-state index < -0.39 is 5.54 Å². The number of benzene rings is 1. The second-order valence-electron chi connectivity index (χ2n) is 7.71. The first-order valence-corrected chi connectivity index (χ1v) is 9.47. The molecule has 1 spiro atoms. The highest BCUT2D eigenvalue weighted by Crippen LogP contribution is 2.36. The number of carbonyl (C=O) groups is 2. The Kier molecular flexibility index (Phi) is 4.25. The summed E-state index contributed by atoms with van der Waals surface area (Å²) in [7, 11) is 1.67. The Balaban J connectivity index is 1.55. The number of hydrogen-bond donors (Lipinski definition) is 2. The Morgan fingerprint density at radius 2 is 1.71 bits per heavy atom. The molecule has 1 fully saturated rings. The quantitative estimate of drug-likeness (QED) is 0.793. The first kappa shape index (κ1) is 18.3. The predicted molar refractivity (Wildman–Crippen MR) is 108 cm³/mol. The van der Waals surface area contributed by atoms with Crippen LogP contribution in [0.3, 0.4) is 0 Å². The largest absolute Gasteiger partial charge is 0.369 e. The third kappa shape index (κ3) is 2.78. The van der Waals surface area contributed by atoms with Crippen LogP contribution in [0.25, 0.3) is 0 Å². The van der Waals surface area contributed by atoms with E-state index in [-0.39, 0.29) is 22.9 Å². The molecule has 28 heavy (non-hydrogen) atoms. The summed E-state index contributed by atoms with van der Waals surface area (Å²) in [6, 6.07) is 9.46. The van der Waals surface area contributed by atoms with Crippen LogP contribution in [0.15, 0.2) is 35.1 Å². The predicted octanol–water partition coefficient (Wildman–Crippen LogP) is 2.04. The molecule has 0 bridgehead atoms. The Bertz CT molecular complexity index is 1030. The van der Waals surface area contributed by atoms with Crippen molar-refractivity contribution in [3.63, 3.8) is 0 Å². The van der Waals surface area contributed by atoms with Crippen LogP contribution >= 0.6 is 0 Å². The van der Waals surface area contributed by atoms with Gasteiger partial charge < -0.3 is 20.1 Å². The molecule has 7 heteroatoms. The number of nitrogens with one attached hydrogen (secondary N) is 2. The molecule has 7 nitrogen and oxygen atoms in total. The minimum absolute atomic E-state index is 0.0688. The Morgan fingerprint density at radius 1 is 1.07 bits per heavy atom. The number of hydrogen-bond acceptors (Lipinski definition) is 4. The SMILES string of the molecule is Cc1cc(C)n(C)c(=O)c1C(=O)N1CCC2(CC1)Nc1ccccc1NC2=O. The van der Waals surface area contributed by atoms with Gasteiger partial charge in [0.05, 0.1) is 11.4 Å². The Morgan fingerprint density at radius 3 is 2.39 bits per heavy atom. The van der Waals surface area contributed by atoms with Crippen LogP contribution in [0.4, 0.5) is 11.4 Å². The van der Waals surface area contributed by atoms with Gasteiger partial charge in [0.1, 0.15) is 11.1 Å². The highest BCUT2D eigenvalue weighted by atomic mass is 16.2. The van der Waals surface area contributed by atoms with Crippen LogP contribution in [-0.4, -0.2) is 39.9 Å². The number of pyridine rings is 1. The van der Waals surface area contributed by atoms with Crippen molar-refractivity contribution in [3.8, 4) is 0 Å². The first-order chi connectivity index (χ1) is 13.3. The maximum Gasteiger partial charge on any atom is 0.263 e. The van der Waals surface area contributed by atoms with Gasteiger partial charge in [-0.2, -0.15) is 0 Å². The van der Waals surface area contributed by atoms with E-state index in [2.05, 4.69) is 10.6 Å². The van der Waals surface area contributed by atoms with Crippen molar-refractivity contribution in [3.05, 3.63) is 57.5 Å². The fraction of sp³-hybridized carbons (Fsp3) is 0.381. The number of nitrogens with zero attached hydrogens (tertiary/aromatic N) is 2. The van der Waals surface area contributed by atoms with Crippen LogP contribution in [0, 0.1) is 13.8 Å². The van der Waals surface area contributed by atoms with E-state index in [0.29, 0.717) is 31.5 Å². The zero-order chi connectivity index (χ0) is 20.1. The average Bonchev–Trinajstić information content (AvgIpc) is 2.67. The summed E-state index contributed by atoms with van der Waals surface area (Å²) in [4.78, 5) is 40.1. The Hall–Kier alpha value is -3.09. The van der Waals surface area contributed by atoms with Gasteiger partial charge in [0.15, 0.2) is 0 Å². The van der Waals surface area contributed by atoms with Gasteiger partial charge in [0.2, 0.25) is 5.91 Å². The second-order valence-corrected chi connectivity index (χ2v) is 7.71. The maximum atomic E-state index is 13.0. The molecule has 2 N–H and O–H groups in total. The topological polar surface area (TPSA) is 83.4 Å². The van der Waals surface area contributed by atoms with Crippen molar-refractivity contribution in [2.24, 2.45) is 7.05 Å². The van der Waals surface area contributed by atoms with Crippen molar-refractivity contribution >= 4 is 23.2 Å². The van der Waals surface area contributed by atoms with Crippen LogP contribution in [0.5, 0.6) is 0 Å². The lowest BCUT2D eigenvalue weighted by molar-refractivity contribution is -0.122. The van der Waals surface area contributed by atoms with Crippen molar-refractivity contribution < 1.29 is 9.59 Å². The molecule has 2 aliphatic heterocycles. The molecule has 4 rings (SSSR count). The molecule has 3 heterocycles. The first-order valence-electron chi connectivity index (χ1n) is 9.47. The number of para-hydroxylation sites is 2. The number of amides is 2. The molecule has 2 amide bonds. The van der Waals surface area contributed by atoms with Gasteiger partial charge >= 0.3 is 0 Å². The lowest BCUT2D eigenvalue weighted by Crippen LogP contribution is -2.59. The van der Waals surface area contributed by atoms with Gasteiger partial charge in [-0.3, -0.25) is 14.4 Å². The fourth-order valence-corrected chi connectivity index (χ4v) is 4.10. The monoisotopic (exact) mass is 380 g/mol. The number of aryl methyl sites for hydroxylation is 2. The summed E-state index contributed by atoms with van der Waals surface area (Å²) in [6.45, 7) is 4.47. The van der Waals surface area contributed by atoms with E-state index in [4.69, 9.17) is 0 Å². The number of aromatic nitrogens is 1. The molecule has 1 aromatic heterocycles. The van der Waals surface area contributed by atoms with E-state index in [1.807, 2.05) is 37.3 Å². The second kappa shape index (κ2) is 6.51. The lowest BCUT2D eigenvalue weighted by atomic mass is 9.84. The molecule has 1 aromatic carbocycles. The molecular formula is C21H24N4O3. The van der Waals surface area contributed by atoms with Crippen molar-refractivity contribution in [2.45, 2.75) is 32.2 Å². The Labute approximate surface area is 163 Å². The number of likely N-dealkylation sites (tertiary alicyclic amines) is 1. The normalized spacial score (nSPS) is 17.7. The molecule has 1 saturated heterocycles. The van der Waals surface area contributed by atoms with Crippen LogP contribution in [-0.2, 0) is 11.8 Å². The summed E-state index contributed by atoms with van der Waals surface area (Å²) >= 11 is 0. The third-order valence-corrected chi connectivity index (χ3v) is 5.97. The highest BCUT2D eigenvalue weighted by Gasteiger charge is 2.45. The van der Waals surface area contributed by atoms with Crippen LogP contribution in [0.2, 0.25) is 0 Å². The van der Waals surface area contributed by atoms with E-state index in [1.165, 1.54) is 4.57 Å². The maximum absolute atomic E-state index is 13.0. The number of rotatable bonds is 1. The molecule has 146 valence electrons. The van der Waals surface area contributed by atoms with Crippen LogP contribution < -0.4 is 16.2 Å². The minimum atomic E-state index is -0.724. The number of anilines is 2. The van der Waals surface area contributed by atoms with Crippen molar-refractivity contribution in [2.75, 3.05) is 23.7 Å². The molecule has 0 unspecified atom stereocenters. The molecule has 0 saturated carbocycles. The third-order valence-electron chi connectivity index (χ3n) is 5.97. The van der Waals surface area contributed by atoms with Crippen molar-refractivity contribution in [1.29, 1.82) is 0 Å². The summed E-state index contributed by atoms with van der Waals surface area (Å²) < 4.78 is 1.50. The van der Waals surface area contributed by atoms with Crippen LogP contribution in [0.1, 0.15) is 34.5 Å². The standard InChI is InChI=1S/C21H24N4O3/c1-13-12-14(2)24(3)18(26)17(13)19(27)25-10-8-21(9-11-25)20(28)22-15-6-4-5-7-16(15)23-21/h4-7,12,23H,8-11H2,1-3H3,(H,22,28). The molecule has 2 aromatic rings. The van der Waals surface area contributed by atoms with Gasteiger partial charge in [-0.15, -0.1) is 0 Å². The van der Waals surface area contributed by atoms with Gasteiger partial charge in [0.25, 0.3) is 11.5 Å². The van der Waals surface area contributed by atoms with E-state index in [9.17, 15) is 14.4 Å². The smallest absolute Gasteiger partial charge is 0.263 e. The van der Waals surface area contributed by atoms with Gasteiger partial charge in [-0.25, -0.2) is 0 Å². The van der Waals surface area contributed by atoms with E-state index in [0.717, 1.165) is 17.1 Å². The lowest BCUT2D eigenvalue weighted by Gasteiger charge is -2.44. The molecule has 2 aliphatic rings. The van der Waals surface area contributed by atoms with E-state index >= 15 is 0 Å². The number of piperidine rings is 1. The minimum Gasteiger partial charge on any atom is -0.369 e. The van der Waals surface area contributed by atoms with Gasteiger partial charge in [-0.05, 0) is 50.5 Å². The van der Waals surface area contributed by atoms with E-state index in [1.54, 1.807) is 18.9 Å². The summed E-state index contributed by atoms with van der Waals surface area (Å²) in [5, 5.41) is 6.35. The highest BCUT2D eigenvalue weighted by molar-refractivity contribution is 6.06. The molecular weight excluding hydrogens is 356 g/mol. The van der Waals surface area contributed by atoms with Gasteiger partial charge in [0, 0.05) is 25.8 Å². The van der Waals surface area contributed by atoms with Gasteiger partial charge in [-0.1, -0.05) is 12.1 Å².